The molecule has 2 N–H and O–H groups in total. The van der Waals surface area contributed by atoms with E-state index >= 15 is 0 Å². The fourth-order valence-corrected chi connectivity index (χ4v) is 2.04. The molecule has 0 fully saturated rings. The van der Waals surface area contributed by atoms with Crippen LogP contribution >= 0.6 is 0 Å². The lowest BCUT2D eigenvalue weighted by atomic mass is 10.0. The summed E-state index contributed by atoms with van der Waals surface area (Å²) in [7, 11) is 0. The van der Waals surface area contributed by atoms with Crippen molar-refractivity contribution < 1.29 is 18.0 Å². The predicted octanol–water partition coefficient (Wildman–Crippen LogP) is 2.96. The number of hydrogen-bond acceptors (Lipinski definition) is 2. The maximum atomic E-state index is 12.7. The fraction of sp³-hybridized carbons (Fsp3) is 0.500. The minimum absolute atomic E-state index is 0.280. The first-order chi connectivity index (χ1) is 9.18. The molecule has 0 aliphatic carbocycles. The van der Waals surface area contributed by atoms with Crippen LogP contribution in [0.25, 0.3) is 0 Å². The van der Waals surface area contributed by atoms with Gasteiger partial charge in [0.25, 0.3) is 0 Å². The van der Waals surface area contributed by atoms with Gasteiger partial charge in [-0.1, -0.05) is 12.1 Å². The Morgan fingerprint density at radius 3 is 2.40 bits per heavy atom. The molecule has 1 amide bonds. The van der Waals surface area contributed by atoms with Crippen molar-refractivity contribution in [2.45, 2.75) is 39.0 Å². The van der Waals surface area contributed by atoms with E-state index in [4.69, 9.17) is 5.73 Å². The average Bonchev–Trinajstić information content (AvgIpc) is 2.38. The number of nitrogens with zero attached hydrogens (tertiary/aromatic N) is 1. The molecule has 6 heteroatoms. The van der Waals surface area contributed by atoms with Gasteiger partial charge in [0.05, 0.1) is 17.6 Å². The van der Waals surface area contributed by atoms with Crippen molar-refractivity contribution >= 4 is 5.91 Å². The van der Waals surface area contributed by atoms with Crippen LogP contribution in [-0.4, -0.2) is 23.4 Å². The lowest BCUT2D eigenvalue weighted by Gasteiger charge is -2.30. The normalized spacial score (nSPS) is 14.8. The number of amides is 1. The van der Waals surface area contributed by atoms with E-state index in [1.54, 1.807) is 26.8 Å². The summed E-state index contributed by atoms with van der Waals surface area (Å²) in [5.41, 5.74) is 5.28. The SMILES string of the molecule is CCN(C(=O)[C@@H](C)N)C(C)c1cccc(C(F)(F)F)c1. The molecule has 20 heavy (non-hydrogen) atoms. The number of alkyl halides is 3. The molecule has 0 heterocycles. The molecule has 1 rings (SSSR count). The number of nitrogens with two attached hydrogens (primary N) is 1. The maximum Gasteiger partial charge on any atom is 0.416 e. The molecule has 1 unspecified atom stereocenters. The molecule has 0 aromatic heterocycles. The van der Waals surface area contributed by atoms with Crippen molar-refractivity contribution in [3.63, 3.8) is 0 Å². The van der Waals surface area contributed by atoms with Crippen LogP contribution in [0.1, 0.15) is 37.9 Å². The van der Waals surface area contributed by atoms with Gasteiger partial charge in [0, 0.05) is 6.54 Å². The van der Waals surface area contributed by atoms with Crippen LogP contribution < -0.4 is 5.73 Å². The quantitative estimate of drug-likeness (QED) is 0.926. The van der Waals surface area contributed by atoms with Crippen LogP contribution in [0, 0.1) is 0 Å². The summed E-state index contributed by atoms with van der Waals surface area (Å²) < 4.78 is 38.1. The summed E-state index contributed by atoms with van der Waals surface area (Å²) >= 11 is 0. The summed E-state index contributed by atoms with van der Waals surface area (Å²) in [6, 6.07) is 3.88. The standard InChI is InChI=1S/C14H19F3N2O/c1-4-19(13(20)9(2)18)10(3)11-6-5-7-12(8-11)14(15,16)17/h5-10H,4,18H2,1-3H3/t9-,10?/m1/s1. The van der Waals surface area contributed by atoms with Crippen molar-refractivity contribution in [1.29, 1.82) is 0 Å². The molecule has 112 valence electrons. The lowest BCUT2D eigenvalue weighted by Crippen LogP contribution is -2.43. The zero-order valence-corrected chi connectivity index (χ0v) is 11.7. The Morgan fingerprint density at radius 1 is 1.35 bits per heavy atom. The minimum Gasteiger partial charge on any atom is -0.335 e. The molecule has 1 aromatic carbocycles. The zero-order valence-electron chi connectivity index (χ0n) is 11.7. The van der Waals surface area contributed by atoms with Crippen molar-refractivity contribution in [3.8, 4) is 0 Å². The molecule has 0 radical (unpaired) electrons. The van der Waals surface area contributed by atoms with Crippen LogP contribution in [0.5, 0.6) is 0 Å². The largest absolute Gasteiger partial charge is 0.416 e. The van der Waals surface area contributed by atoms with E-state index in [1.165, 1.54) is 11.0 Å². The summed E-state index contributed by atoms with van der Waals surface area (Å²) in [5.74, 6) is -0.280. The lowest BCUT2D eigenvalue weighted by molar-refractivity contribution is -0.137. The topological polar surface area (TPSA) is 46.3 Å². The molecule has 0 bridgehead atoms. The maximum absolute atomic E-state index is 12.7. The van der Waals surface area contributed by atoms with Gasteiger partial charge in [-0.3, -0.25) is 4.79 Å². The second kappa shape index (κ2) is 6.26. The second-order valence-corrected chi connectivity index (χ2v) is 4.71. The van der Waals surface area contributed by atoms with E-state index in [-0.39, 0.29) is 5.91 Å². The van der Waals surface area contributed by atoms with Crippen LogP contribution in [0.4, 0.5) is 13.2 Å². The molecule has 0 aliphatic heterocycles. The third kappa shape index (κ3) is 3.72. The van der Waals surface area contributed by atoms with Crippen LogP contribution in [-0.2, 0) is 11.0 Å². The van der Waals surface area contributed by atoms with Crippen molar-refractivity contribution in [1.82, 2.24) is 4.90 Å². The van der Waals surface area contributed by atoms with E-state index < -0.39 is 23.8 Å². The van der Waals surface area contributed by atoms with Gasteiger partial charge in [-0.2, -0.15) is 13.2 Å². The van der Waals surface area contributed by atoms with E-state index in [9.17, 15) is 18.0 Å². The van der Waals surface area contributed by atoms with E-state index in [1.807, 2.05) is 0 Å². The first-order valence-electron chi connectivity index (χ1n) is 6.41. The third-order valence-corrected chi connectivity index (χ3v) is 3.18. The van der Waals surface area contributed by atoms with Gasteiger partial charge in [-0.15, -0.1) is 0 Å². The van der Waals surface area contributed by atoms with Gasteiger partial charge in [0.1, 0.15) is 0 Å². The summed E-state index contributed by atoms with van der Waals surface area (Å²) in [4.78, 5) is 13.4. The Balaban J connectivity index is 3.07. The molecule has 1 aromatic rings. The Kier molecular flexibility index (Phi) is 5.16. The number of carbonyl (C=O) groups excluding carboxylic acids is 1. The highest BCUT2D eigenvalue weighted by Gasteiger charge is 2.31. The fourth-order valence-electron chi connectivity index (χ4n) is 2.04. The molecule has 3 nitrogen and oxygen atoms in total. The van der Waals surface area contributed by atoms with E-state index in [0.29, 0.717) is 12.1 Å². The molecule has 0 saturated heterocycles. The number of benzene rings is 1. The number of halogens is 3. The monoisotopic (exact) mass is 288 g/mol. The van der Waals surface area contributed by atoms with Gasteiger partial charge in [-0.05, 0) is 38.5 Å². The number of rotatable bonds is 4. The van der Waals surface area contributed by atoms with Gasteiger partial charge >= 0.3 is 6.18 Å². The van der Waals surface area contributed by atoms with Crippen molar-refractivity contribution in [2.75, 3.05) is 6.54 Å². The Morgan fingerprint density at radius 2 is 1.95 bits per heavy atom. The first kappa shape index (κ1) is 16.5. The Hall–Kier alpha value is -1.56. The highest BCUT2D eigenvalue weighted by molar-refractivity contribution is 5.81. The Bertz CT molecular complexity index is 472. The van der Waals surface area contributed by atoms with Crippen LogP contribution in [0.3, 0.4) is 0 Å². The highest BCUT2D eigenvalue weighted by atomic mass is 19.4. The van der Waals surface area contributed by atoms with E-state index in [0.717, 1.165) is 12.1 Å². The second-order valence-electron chi connectivity index (χ2n) is 4.71. The smallest absolute Gasteiger partial charge is 0.335 e. The van der Waals surface area contributed by atoms with Gasteiger partial charge in [0.15, 0.2) is 0 Å². The molecule has 2 atom stereocenters. The Labute approximate surface area is 116 Å². The van der Waals surface area contributed by atoms with Crippen LogP contribution in [0.15, 0.2) is 24.3 Å². The van der Waals surface area contributed by atoms with E-state index in [2.05, 4.69) is 0 Å². The van der Waals surface area contributed by atoms with Gasteiger partial charge in [-0.25, -0.2) is 0 Å². The van der Waals surface area contributed by atoms with Gasteiger partial charge in [0.2, 0.25) is 5.91 Å². The summed E-state index contributed by atoms with van der Waals surface area (Å²) in [6.45, 7) is 5.41. The van der Waals surface area contributed by atoms with Crippen molar-refractivity contribution in [3.05, 3.63) is 35.4 Å². The highest BCUT2D eigenvalue weighted by Crippen LogP contribution is 2.31. The molecule has 0 spiro atoms. The summed E-state index contributed by atoms with van der Waals surface area (Å²) in [6.07, 6.45) is -4.39. The number of hydrogen-bond donors (Lipinski definition) is 1. The molecule has 0 aliphatic rings. The molecular formula is C14H19F3N2O. The average molecular weight is 288 g/mol. The first-order valence-corrected chi connectivity index (χ1v) is 6.41. The molecular weight excluding hydrogens is 269 g/mol. The predicted molar refractivity (Wildman–Crippen MR) is 70.9 cm³/mol. The van der Waals surface area contributed by atoms with Crippen molar-refractivity contribution in [2.24, 2.45) is 5.73 Å². The third-order valence-electron chi connectivity index (χ3n) is 3.18. The minimum atomic E-state index is -4.39. The zero-order chi connectivity index (χ0) is 15.5. The van der Waals surface area contributed by atoms with Crippen LogP contribution in [0.2, 0.25) is 0 Å². The van der Waals surface area contributed by atoms with Gasteiger partial charge < -0.3 is 10.6 Å². The number of likely N-dealkylation sites (N-methyl/N-ethyl adjacent to an activating group) is 1. The molecule has 0 saturated carbocycles. The number of carbonyl (C=O) groups is 1. The summed E-state index contributed by atoms with van der Waals surface area (Å²) in [5, 5.41) is 0.